The molecule has 0 saturated carbocycles. The van der Waals surface area contributed by atoms with Gasteiger partial charge < -0.3 is 0 Å². The van der Waals surface area contributed by atoms with Crippen molar-refractivity contribution < 1.29 is 0 Å². The van der Waals surface area contributed by atoms with E-state index in [1.54, 1.807) is 21.8 Å². The van der Waals surface area contributed by atoms with Crippen molar-refractivity contribution >= 4 is 39.4 Å². The summed E-state index contributed by atoms with van der Waals surface area (Å²) in [4.78, 5) is 28.0. The summed E-state index contributed by atoms with van der Waals surface area (Å²) in [7, 11) is 0. The Balaban J connectivity index is 1.48. The van der Waals surface area contributed by atoms with E-state index in [9.17, 15) is 4.79 Å². The predicted octanol–water partition coefficient (Wildman–Crippen LogP) is 5.72. The van der Waals surface area contributed by atoms with Crippen molar-refractivity contribution in [3.05, 3.63) is 112 Å². The number of hydrogen-bond acceptors (Lipinski definition) is 5. The fourth-order valence-electron chi connectivity index (χ4n) is 4.61. The van der Waals surface area contributed by atoms with Gasteiger partial charge in [-0.1, -0.05) is 87.5 Å². The lowest BCUT2D eigenvalue weighted by Crippen LogP contribution is -2.21. The van der Waals surface area contributed by atoms with E-state index in [2.05, 4.69) is 50.0 Å². The van der Waals surface area contributed by atoms with Crippen LogP contribution in [0.25, 0.3) is 33.2 Å². The van der Waals surface area contributed by atoms with Crippen molar-refractivity contribution in [3.63, 3.8) is 0 Å². The molecule has 6 aromatic rings. The van der Waals surface area contributed by atoms with Gasteiger partial charge in [-0.2, -0.15) is 9.78 Å². The molecule has 0 bridgehead atoms. The first-order valence-corrected chi connectivity index (χ1v) is 12.7. The molecule has 3 aromatic carbocycles. The van der Waals surface area contributed by atoms with E-state index in [0.717, 1.165) is 28.6 Å². The highest BCUT2D eigenvalue weighted by atomic mass is 16.1. The monoisotopic (exact) mass is 500 g/mol. The molecular weight excluding hydrogens is 472 g/mol. The molecule has 38 heavy (non-hydrogen) atoms. The van der Waals surface area contributed by atoms with E-state index in [4.69, 9.17) is 15.1 Å². The standard InChI is InChI=1S/C31H28N6O/c1-31(2,3)23-15-13-22(14-16-23)19-33-37-28-26(27-29(37)35-25-12-8-7-11-24(25)34-27)30(38)36(20-32-28)18-17-21-9-5-4-6-10-21/h4-16,19-20H,17-18H2,1-3H3/b33-19+. The summed E-state index contributed by atoms with van der Waals surface area (Å²) in [5.41, 5.74) is 6.19. The van der Waals surface area contributed by atoms with Gasteiger partial charge in [0.2, 0.25) is 0 Å². The Morgan fingerprint density at radius 1 is 0.842 bits per heavy atom. The molecule has 0 N–H and O–H groups in total. The van der Waals surface area contributed by atoms with Gasteiger partial charge in [0.25, 0.3) is 5.56 Å². The molecule has 3 aromatic heterocycles. The van der Waals surface area contributed by atoms with Gasteiger partial charge in [-0.15, -0.1) is 0 Å². The highest BCUT2D eigenvalue weighted by Gasteiger charge is 2.20. The van der Waals surface area contributed by atoms with Crippen LogP contribution in [0.3, 0.4) is 0 Å². The normalized spacial score (nSPS) is 12.3. The molecule has 0 atom stereocenters. The maximum absolute atomic E-state index is 13.7. The maximum Gasteiger partial charge on any atom is 0.265 e. The predicted molar refractivity (Wildman–Crippen MR) is 153 cm³/mol. The lowest BCUT2D eigenvalue weighted by molar-refractivity contribution is 0.590. The molecule has 0 amide bonds. The van der Waals surface area contributed by atoms with Crippen LogP contribution in [0.5, 0.6) is 0 Å². The SMILES string of the molecule is CC(C)(C)c1ccc(/C=N/n2c3nc4ccccc4nc3c3c(=O)n(CCc4ccccc4)cnc32)cc1. The zero-order valence-electron chi connectivity index (χ0n) is 21.7. The summed E-state index contributed by atoms with van der Waals surface area (Å²) in [5.74, 6) is 0. The second-order valence-corrected chi connectivity index (χ2v) is 10.5. The first-order chi connectivity index (χ1) is 18.4. The average Bonchev–Trinajstić information content (AvgIpc) is 3.23. The van der Waals surface area contributed by atoms with Crippen LogP contribution in [0.2, 0.25) is 0 Å². The van der Waals surface area contributed by atoms with Crippen LogP contribution >= 0.6 is 0 Å². The van der Waals surface area contributed by atoms with Crippen LogP contribution in [0.4, 0.5) is 0 Å². The Morgan fingerprint density at radius 3 is 2.24 bits per heavy atom. The number of hydrogen-bond donors (Lipinski definition) is 0. The molecule has 0 saturated heterocycles. The minimum Gasteiger partial charge on any atom is -0.298 e. The number of aromatic nitrogens is 5. The summed E-state index contributed by atoms with van der Waals surface area (Å²) in [6.45, 7) is 7.09. The van der Waals surface area contributed by atoms with Gasteiger partial charge in [0, 0.05) is 6.54 Å². The van der Waals surface area contributed by atoms with Crippen LogP contribution in [0.15, 0.2) is 95.1 Å². The lowest BCUT2D eigenvalue weighted by atomic mass is 9.87. The number of nitrogens with zero attached hydrogens (tertiary/aromatic N) is 6. The third-order valence-electron chi connectivity index (χ3n) is 6.79. The molecule has 0 aliphatic heterocycles. The van der Waals surface area contributed by atoms with Gasteiger partial charge in [0.05, 0.1) is 23.6 Å². The molecule has 0 fully saturated rings. The first-order valence-electron chi connectivity index (χ1n) is 12.7. The van der Waals surface area contributed by atoms with Crippen LogP contribution in [0, 0.1) is 0 Å². The maximum atomic E-state index is 13.7. The van der Waals surface area contributed by atoms with Crippen molar-refractivity contribution in [1.82, 2.24) is 24.2 Å². The lowest BCUT2D eigenvalue weighted by Gasteiger charge is -2.18. The molecule has 0 unspecified atom stereocenters. The number of rotatable bonds is 5. The second-order valence-electron chi connectivity index (χ2n) is 10.5. The van der Waals surface area contributed by atoms with Gasteiger partial charge >= 0.3 is 0 Å². The van der Waals surface area contributed by atoms with E-state index >= 15 is 0 Å². The van der Waals surface area contributed by atoms with Crippen molar-refractivity contribution in [3.8, 4) is 0 Å². The number of aryl methyl sites for hydroxylation is 2. The van der Waals surface area contributed by atoms with E-state index in [0.29, 0.717) is 28.7 Å². The third kappa shape index (κ3) is 4.36. The van der Waals surface area contributed by atoms with Crippen molar-refractivity contribution in [2.24, 2.45) is 5.10 Å². The summed E-state index contributed by atoms with van der Waals surface area (Å²) in [5, 5.41) is 5.16. The van der Waals surface area contributed by atoms with Crippen molar-refractivity contribution in [1.29, 1.82) is 0 Å². The minimum absolute atomic E-state index is 0.0729. The van der Waals surface area contributed by atoms with Crippen LogP contribution in [-0.2, 0) is 18.4 Å². The summed E-state index contributed by atoms with van der Waals surface area (Å²) in [6.07, 6.45) is 4.09. The number of benzene rings is 3. The Bertz CT molecular complexity index is 1860. The molecule has 0 aliphatic carbocycles. The van der Waals surface area contributed by atoms with Crippen molar-refractivity contribution in [2.45, 2.75) is 39.2 Å². The smallest absolute Gasteiger partial charge is 0.265 e. The van der Waals surface area contributed by atoms with E-state index in [1.165, 1.54) is 5.56 Å². The number of fused-ring (bicyclic) bond motifs is 4. The molecule has 0 radical (unpaired) electrons. The first kappa shape index (κ1) is 23.7. The van der Waals surface area contributed by atoms with E-state index in [1.807, 2.05) is 54.6 Å². The van der Waals surface area contributed by atoms with Crippen LogP contribution in [0.1, 0.15) is 37.5 Å². The fraction of sp³-hybridized carbons (Fsp3) is 0.194. The Hall–Kier alpha value is -4.65. The van der Waals surface area contributed by atoms with Crippen molar-refractivity contribution in [2.75, 3.05) is 0 Å². The molecule has 0 aliphatic rings. The van der Waals surface area contributed by atoms with Gasteiger partial charge in [-0.3, -0.25) is 9.36 Å². The van der Waals surface area contributed by atoms with E-state index < -0.39 is 0 Å². The molecule has 0 spiro atoms. The van der Waals surface area contributed by atoms with Gasteiger partial charge in [0.15, 0.2) is 11.3 Å². The quantitative estimate of drug-likeness (QED) is 0.284. The topological polar surface area (TPSA) is 78.0 Å². The molecule has 188 valence electrons. The largest absolute Gasteiger partial charge is 0.298 e. The highest BCUT2D eigenvalue weighted by molar-refractivity contribution is 6.04. The van der Waals surface area contributed by atoms with Gasteiger partial charge in [0.1, 0.15) is 10.9 Å². The van der Waals surface area contributed by atoms with Gasteiger partial charge in [-0.05, 0) is 40.7 Å². The Kier molecular flexibility index (Phi) is 5.83. The molecule has 6 rings (SSSR count). The summed E-state index contributed by atoms with van der Waals surface area (Å²) >= 11 is 0. The van der Waals surface area contributed by atoms with Gasteiger partial charge in [-0.25, -0.2) is 15.0 Å². The molecule has 7 heteroatoms. The second kappa shape index (κ2) is 9.34. The number of para-hydroxylation sites is 2. The molecule has 3 heterocycles. The molecule has 7 nitrogen and oxygen atoms in total. The molecular formula is C31H28N6O. The zero-order valence-corrected chi connectivity index (χ0v) is 21.7. The Morgan fingerprint density at radius 2 is 1.53 bits per heavy atom. The average molecular weight is 501 g/mol. The highest BCUT2D eigenvalue weighted by Crippen LogP contribution is 2.25. The summed E-state index contributed by atoms with van der Waals surface area (Å²) in [6, 6.07) is 26.1. The van der Waals surface area contributed by atoms with Crippen LogP contribution < -0.4 is 5.56 Å². The van der Waals surface area contributed by atoms with E-state index in [-0.39, 0.29) is 11.0 Å². The summed E-state index contributed by atoms with van der Waals surface area (Å²) < 4.78 is 3.27. The Labute approximate surface area is 220 Å². The zero-order chi connectivity index (χ0) is 26.3. The fourth-order valence-corrected chi connectivity index (χ4v) is 4.61. The van der Waals surface area contributed by atoms with Crippen LogP contribution in [-0.4, -0.2) is 30.4 Å². The third-order valence-corrected chi connectivity index (χ3v) is 6.79. The minimum atomic E-state index is -0.149.